The molecule has 1 unspecified atom stereocenters. The summed E-state index contributed by atoms with van der Waals surface area (Å²) in [7, 11) is -4.00. The van der Waals surface area contributed by atoms with E-state index in [4.69, 9.17) is 9.29 Å². The number of rotatable bonds is 15. The van der Waals surface area contributed by atoms with Crippen molar-refractivity contribution in [2.24, 2.45) is 0 Å². The Bertz CT molecular complexity index is 602. The van der Waals surface area contributed by atoms with E-state index in [1.165, 1.54) is 38.5 Å². The average molecular weight is 420 g/mol. The molecule has 0 aromatic carbocycles. The van der Waals surface area contributed by atoms with Crippen molar-refractivity contribution in [3.05, 3.63) is 22.4 Å². The molecule has 156 valence electrons. The van der Waals surface area contributed by atoms with Crippen molar-refractivity contribution in [1.29, 1.82) is 0 Å². The molecule has 0 aliphatic carbocycles. The summed E-state index contributed by atoms with van der Waals surface area (Å²) >= 11 is 1.57. The summed E-state index contributed by atoms with van der Waals surface area (Å²) < 4.78 is 35.5. The summed E-state index contributed by atoms with van der Waals surface area (Å²) in [5.41, 5.74) is 0.996. The van der Waals surface area contributed by atoms with E-state index >= 15 is 0 Å². The van der Waals surface area contributed by atoms with Crippen LogP contribution in [0.3, 0.4) is 0 Å². The Balaban J connectivity index is 2.28. The van der Waals surface area contributed by atoms with E-state index in [-0.39, 0.29) is 24.8 Å². The molecule has 2 N–H and O–H groups in total. The van der Waals surface area contributed by atoms with E-state index in [1.807, 2.05) is 16.8 Å². The van der Waals surface area contributed by atoms with E-state index in [1.54, 1.807) is 11.3 Å². The van der Waals surface area contributed by atoms with Crippen molar-refractivity contribution in [3.8, 4) is 0 Å². The Hall–Kier alpha value is -1.12. The Morgan fingerprint density at radius 3 is 2.41 bits per heavy atom. The van der Waals surface area contributed by atoms with Gasteiger partial charge in [-0.25, -0.2) is 4.79 Å². The molecule has 0 fully saturated rings. The van der Waals surface area contributed by atoms with Crippen molar-refractivity contribution in [2.75, 3.05) is 12.3 Å². The lowest BCUT2D eigenvalue weighted by Crippen LogP contribution is -2.28. The van der Waals surface area contributed by atoms with Crippen molar-refractivity contribution < 1.29 is 22.5 Å². The first-order valence-corrected chi connectivity index (χ1v) is 12.4. The van der Waals surface area contributed by atoms with Gasteiger partial charge >= 0.3 is 6.09 Å². The highest BCUT2D eigenvalue weighted by Gasteiger charge is 2.17. The average Bonchev–Trinajstić information content (AvgIpc) is 3.14. The van der Waals surface area contributed by atoms with Gasteiger partial charge in [0.25, 0.3) is 10.1 Å². The smallest absolute Gasteiger partial charge is 0.407 e. The molecule has 0 spiro atoms. The third kappa shape index (κ3) is 12.8. The Morgan fingerprint density at radius 1 is 1.15 bits per heavy atom. The number of nitrogens with one attached hydrogen (secondary N) is 1. The summed E-state index contributed by atoms with van der Waals surface area (Å²) in [6.45, 7) is 2.36. The maximum Gasteiger partial charge on any atom is 0.407 e. The van der Waals surface area contributed by atoms with Crippen LogP contribution >= 0.6 is 11.3 Å². The van der Waals surface area contributed by atoms with Crippen LogP contribution in [-0.2, 0) is 14.9 Å². The molecule has 1 rings (SSSR count). The lowest BCUT2D eigenvalue weighted by molar-refractivity contribution is 0.0910. The van der Waals surface area contributed by atoms with Crippen LogP contribution in [0.25, 0.3) is 0 Å². The van der Waals surface area contributed by atoms with Crippen molar-refractivity contribution in [1.82, 2.24) is 5.32 Å². The molecule has 0 bridgehead atoms. The zero-order valence-corrected chi connectivity index (χ0v) is 17.8. The summed E-state index contributed by atoms with van der Waals surface area (Å²) in [6, 6.07) is 1.96. The molecule has 0 saturated carbocycles. The third-order valence-electron chi connectivity index (χ3n) is 4.33. The van der Waals surface area contributed by atoms with E-state index in [9.17, 15) is 13.2 Å². The number of amides is 1. The number of thiophene rings is 1. The fraction of sp³-hybridized carbons (Fsp3) is 0.737. The molecule has 0 saturated heterocycles. The summed E-state index contributed by atoms with van der Waals surface area (Å²) in [5, 5.41) is 6.49. The van der Waals surface area contributed by atoms with Crippen LogP contribution in [0.5, 0.6) is 0 Å². The lowest BCUT2D eigenvalue weighted by atomic mass is 10.0. The molecule has 0 radical (unpaired) electrons. The summed E-state index contributed by atoms with van der Waals surface area (Å²) in [4.78, 5) is 12.0. The molecule has 1 heterocycles. The fourth-order valence-electron chi connectivity index (χ4n) is 2.83. The number of unbranched alkanes of at least 4 members (excludes halogenated alkanes) is 7. The summed E-state index contributed by atoms with van der Waals surface area (Å²) in [6.07, 6.45) is 9.89. The van der Waals surface area contributed by atoms with Gasteiger partial charge in [0, 0.05) is 12.1 Å². The molecule has 27 heavy (non-hydrogen) atoms. The van der Waals surface area contributed by atoms with Crippen LogP contribution in [0.1, 0.15) is 82.8 Å². The molecule has 6 nitrogen and oxygen atoms in total. The monoisotopic (exact) mass is 419 g/mol. The van der Waals surface area contributed by atoms with Crippen molar-refractivity contribution in [2.45, 2.75) is 77.2 Å². The second-order valence-electron chi connectivity index (χ2n) is 6.78. The Morgan fingerprint density at radius 2 is 1.81 bits per heavy atom. The highest BCUT2D eigenvalue weighted by atomic mass is 32.2. The molecule has 0 aliphatic rings. The van der Waals surface area contributed by atoms with Gasteiger partial charge in [-0.05, 0) is 36.1 Å². The minimum absolute atomic E-state index is 0.146. The SMILES string of the molecule is CCCCCCCCCCC(OC(=O)NCCCS(=O)(=O)O)c1ccsc1. The molecule has 1 aromatic rings. The normalized spacial score (nSPS) is 12.7. The van der Waals surface area contributed by atoms with Crippen molar-refractivity contribution in [3.63, 3.8) is 0 Å². The van der Waals surface area contributed by atoms with Crippen LogP contribution < -0.4 is 5.32 Å². The number of hydrogen-bond donors (Lipinski definition) is 2. The first-order valence-electron chi connectivity index (χ1n) is 9.84. The molecule has 1 amide bonds. The number of ether oxygens (including phenoxy) is 1. The molecular weight excluding hydrogens is 386 g/mol. The third-order valence-corrected chi connectivity index (χ3v) is 5.84. The zero-order valence-electron chi connectivity index (χ0n) is 16.2. The predicted octanol–water partition coefficient (Wildman–Crippen LogP) is 5.32. The van der Waals surface area contributed by atoms with E-state index in [2.05, 4.69) is 12.2 Å². The van der Waals surface area contributed by atoms with Crippen LogP contribution in [0.15, 0.2) is 16.8 Å². The van der Waals surface area contributed by atoms with Gasteiger partial charge < -0.3 is 10.1 Å². The Labute approximate surface area is 167 Å². The number of carbonyl (C=O) groups excluding carboxylic acids is 1. The number of carbonyl (C=O) groups is 1. The first-order chi connectivity index (χ1) is 12.9. The predicted molar refractivity (Wildman–Crippen MR) is 110 cm³/mol. The zero-order chi connectivity index (χ0) is 20.0. The summed E-state index contributed by atoms with van der Waals surface area (Å²) in [5.74, 6) is -0.376. The standard InChI is InChI=1S/C19H33NO5S2/c1-2-3-4-5-6-7-8-9-11-18(17-12-14-26-16-17)25-19(21)20-13-10-15-27(22,23)24/h12,14,16,18H,2-11,13,15H2,1H3,(H,20,21)(H,22,23,24). The lowest BCUT2D eigenvalue weighted by Gasteiger charge is -2.17. The Kier molecular flexibility index (Phi) is 12.4. The minimum Gasteiger partial charge on any atom is -0.441 e. The molecule has 8 heteroatoms. The van der Waals surface area contributed by atoms with Gasteiger partial charge in [-0.15, -0.1) is 0 Å². The van der Waals surface area contributed by atoms with Gasteiger partial charge in [0.2, 0.25) is 0 Å². The van der Waals surface area contributed by atoms with Gasteiger partial charge in [0.1, 0.15) is 6.10 Å². The van der Waals surface area contributed by atoms with E-state index in [0.717, 1.165) is 24.8 Å². The number of alkyl carbamates (subject to hydrolysis) is 1. The first kappa shape index (κ1) is 23.9. The second kappa shape index (κ2) is 14.0. The number of hydrogen-bond acceptors (Lipinski definition) is 5. The van der Waals surface area contributed by atoms with E-state index < -0.39 is 16.2 Å². The maximum atomic E-state index is 12.0. The largest absolute Gasteiger partial charge is 0.441 e. The molecule has 1 atom stereocenters. The highest BCUT2D eigenvalue weighted by Crippen LogP contribution is 2.26. The van der Waals surface area contributed by atoms with Gasteiger partial charge in [0.15, 0.2) is 0 Å². The van der Waals surface area contributed by atoms with Crippen LogP contribution in [0.4, 0.5) is 4.79 Å². The van der Waals surface area contributed by atoms with Crippen LogP contribution in [-0.4, -0.2) is 31.4 Å². The van der Waals surface area contributed by atoms with E-state index in [0.29, 0.717) is 0 Å². The highest BCUT2D eigenvalue weighted by molar-refractivity contribution is 7.85. The molecule has 1 aromatic heterocycles. The maximum absolute atomic E-state index is 12.0. The van der Waals surface area contributed by atoms with Crippen LogP contribution in [0, 0.1) is 0 Å². The van der Waals surface area contributed by atoms with Crippen LogP contribution in [0.2, 0.25) is 0 Å². The fourth-order valence-corrected chi connectivity index (χ4v) is 4.04. The topological polar surface area (TPSA) is 92.7 Å². The van der Waals surface area contributed by atoms with Gasteiger partial charge in [-0.2, -0.15) is 19.8 Å². The minimum atomic E-state index is -4.00. The van der Waals surface area contributed by atoms with Gasteiger partial charge in [-0.1, -0.05) is 51.9 Å². The quantitative estimate of drug-likeness (QED) is 0.296. The van der Waals surface area contributed by atoms with Gasteiger partial charge in [0.05, 0.1) is 5.75 Å². The van der Waals surface area contributed by atoms with Crippen molar-refractivity contribution >= 4 is 27.5 Å². The second-order valence-corrected chi connectivity index (χ2v) is 9.13. The molecule has 0 aliphatic heterocycles. The van der Waals surface area contributed by atoms with Gasteiger partial charge in [-0.3, -0.25) is 4.55 Å². The molecular formula is C19H33NO5S2.